The van der Waals surface area contributed by atoms with Gasteiger partial charge in [-0.1, -0.05) is 23.8 Å². The molecule has 19 heavy (non-hydrogen) atoms. The van der Waals surface area contributed by atoms with E-state index in [0.717, 1.165) is 18.4 Å². The predicted octanol–water partition coefficient (Wildman–Crippen LogP) is 1.98. The smallest absolute Gasteiger partial charge is 0.257 e. The summed E-state index contributed by atoms with van der Waals surface area (Å²) in [6, 6.07) is 5.32. The maximum Gasteiger partial charge on any atom is 0.257 e. The van der Waals surface area contributed by atoms with E-state index in [0.29, 0.717) is 23.5 Å². The first-order chi connectivity index (χ1) is 8.99. The average molecular weight is 278 g/mol. The lowest BCUT2D eigenvalue weighted by Crippen LogP contribution is -2.35. The van der Waals surface area contributed by atoms with Gasteiger partial charge in [-0.25, -0.2) is 0 Å². The zero-order chi connectivity index (χ0) is 14.0. The van der Waals surface area contributed by atoms with Gasteiger partial charge in [0.15, 0.2) is 0 Å². The number of carbonyl (C=O) groups excluding carboxylic acids is 1. The molecule has 1 aliphatic carbocycles. The first kappa shape index (κ1) is 13.8. The number of aryl methyl sites for hydroxylation is 1. The zero-order valence-electron chi connectivity index (χ0n) is 10.9. The molecule has 2 rings (SSSR count). The normalized spacial score (nSPS) is 14.2. The van der Waals surface area contributed by atoms with Gasteiger partial charge < -0.3 is 15.7 Å². The van der Waals surface area contributed by atoms with Crippen LogP contribution in [0, 0.1) is 6.92 Å². The summed E-state index contributed by atoms with van der Waals surface area (Å²) in [7, 11) is 0. The molecule has 0 radical (unpaired) electrons. The van der Waals surface area contributed by atoms with Crippen molar-refractivity contribution in [3.05, 3.63) is 29.3 Å². The topological polar surface area (TPSA) is 66.6 Å². The number of phenols is 1. The van der Waals surface area contributed by atoms with E-state index in [1.165, 1.54) is 0 Å². The Bertz CT molecular complexity index is 512. The molecule has 0 atom stereocenters. The zero-order valence-corrected chi connectivity index (χ0v) is 11.7. The lowest BCUT2D eigenvalue weighted by Gasteiger charge is -2.22. The van der Waals surface area contributed by atoms with Gasteiger partial charge in [-0.3, -0.25) is 4.79 Å². The molecule has 3 N–H and O–H groups in total. The number of nitrogens with zero attached hydrogens (tertiary/aromatic N) is 1. The third kappa shape index (κ3) is 3.44. The van der Waals surface area contributed by atoms with Crippen LogP contribution < -0.4 is 5.73 Å². The van der Waals surface area contributed by atoms with Gasteiger partial charge in [0.1, 0.15) is 5.75 Å². The number of hydrogen-bond acceptors (Lipinski definition) is 3. The fraction of sp³-hybridized carbons (Fsp3) is 0.429. The maximum absolute atomic E-state index is 12.5. The van der Waals surface area contributed by atoms with Crippen molar-refractivity contribution in [1.29, 1.82) is 0 Å². The molecular formula is C14H18N2O2S. The van der Waals surface area contributed by atoms with Crippen molar-refractivity contribution in [3.8, 4) is 5.75 Å². The standard InChI is InChI=1S/C14H18N2O2S/c1-9-2-5-12(17)11(8-9)14(18)16(10-3-4-10)7-6-13(15)19/h2,5,8,10,17H,3-4,6-7H2,1H3,(H2,15,19). The molecule has 1 aromatic rings. The summed E-state index contributed by atoms with van der Waals surface area (Å²) in [4.78, 5) is 14.7. The van der Waals surface area contributed by atoms with E-state index >= 15 is 0 Å². The molecule has 102 valence electrons. The highest BCUT2D eigenvalue weighted by Gasteiger charge is 2.33. The third-order valence-electron chi connectivity index (χ3n) is 3.23. The molecular weight excluding hydrogens is 260 g/mol. The van der Waals surface area contributed by atoms with Crippen LogP contribution in [0.15, 0.2) is 18.2 Å². The van der Waals surface area contributed by atoms with Crippen LogP contribution in [0.5, 0.6) is 5.75 Å². The third-order valence-corrected chi connectivity index (χ3v) is 3.43. The molecule has 1 aromatic carbocycles. The quantitative estimate of drug-likeness (QED) is 0.808. The summed E-state index contributed by atoms with van der Waals surface area (Å²) in [6.45, 7) is 2.42. The molecule has 5 heteroatoms. The van der Waals surface area contributed by atoms with Crippen LogP contribution in [-0.2, 0) is 0 Å². The highest BCUT2D eigenvalue weighted by Crippen LogP contribution is 2.30. The average Bonchev–Trinajstić information content (AvgIpc) is 3.16. The van der Waals surface area contributed by atoms with E-state index in [4.69, 9.17) is 18.0 Å². The number of rotatable bonds is 5. The van der Waals surface area contributed by atoms with Crippen LogP contribution in [-0.4, -0.2) is 33.5 Å². The second kappa shape index (κ2) is 5.57. The number of thiocarbonyl (C=S) groups is 1. The molecule has 0 unspecified atom stereocenters. The monoisotopic (exact) mass is 278 g/mol. The Kier molecular flexibility index (Phi) is 4.04. The summed E-state index contributed by atoms with van der Waals surface area (Å²) in [5.41, 5.74) is 6.80. The predicted molar refractivity (Wildman–Crippen MR) is 78.3 cm³/mol. The minimum Gasteiger partial charge on any atom is -0.507 e. The molecule has 0 bridgehead atoms. The second-order valence-electron chi connectivity index (χ2n) is 4.97. The summed E-state index contributed by atoms with van der Waals surface area (Å²) in [5, 5.41) is 9.84. The summed E-state index contributed by atoms with van der Waals surface area (Å²) in [5.74, 6) is -0.114. The van der Waals surface area contributed by atoms with E-state index in [-0.39, 0.29) is 17.7 Å². The molecule has 0 spiro atoms. The highest BCUT2D eigenvalue weighted by atomic mass is 32.1. The van der Waals surface area contributed by atoms with Crippen LogP contribution >= 0.6 is 12.2 Å². The number of aromatic hydroxyl groups is 1. The van der Waals surface area contributed by atoms with Crippen LogP contribution in [0.3, 0.4) is 0 Å². The minimum atomic E-state index is -0.139. The van der Waals surface area contributed by atoms with Crippen molar-refractivity contribution >= 4 is 23.1 Å². The molecule has 0 heterocycles. The Morgan fingerprint density at radius 2 is 2.21 bits per heavy atom. The van der Waals surface area contributed by atoms with Gasteiger partial charge >= 0.3 is 0 Å². The fourth-order valence-corrected chi connectivity index (χ4v) is 2.13. The van der Waals surface area contributed by atoms with Crippen molar-refractivity contribution in [2.24, 2.45) is 5.73 Å². The fourth-order valence-electron chi connectivity index (χ4n) is 2.04. The summed E-state index contributed by atoms with van der Waals surface area (Å²) >= 11 is 4.86. The SMILES string of the molecule is Cc1ccc(O)c(C(=O)N(CCC(N)=S)C2CC2)c1. The van der Waals surface area contributed by atoms with Crippen LogP contribution in [0.4, 0.5) is 0 Å². The van der Waals surface area contributed by atoms with Gasteiger partial charge in [0.25, 0.3) is 5.91 Å². The highest BCUT2D eigenvalue weighted by molar-refractivity contribution is 7.80. The minimum absolute atomic E-state index is 0.0246. The van der Waals surface area contributed by atoms with Gasteiger partial charge in [0, 0.05) is 19.0 Å². The Morgan fingerprint density at radius 3 is 2.79 bits per heavy atom. The molecule has 1 fully saturated rings. The Hall–Kier alpha value is -1.62. The van der Waals surface area contributed by atoms with Crippen molar-refractivity contribution in [2.45, 2.75) is 32.2 Å². The van der Waals surface area contributed by atoms with E-state index in [9.17, 15) is 9.90 Å². The molecule has 1 aliphatic rings. The first-order valence-electron chi connectivity index (χ1n) is 6.38. The number of carbonyl (C=O) groups is 1. The van der Waals surface area contributed by atoms with Gasteiger partial charge in [0.2, 0.25) is 0 Å². The van der Waals surface area contributed by atoms with Crippen LogP contribution in [0.1, 0.15) is 35.2 Å². The molecule has 0 aromatic heterocycles. The number of phenolic OH excluding ortho intramolecular Hbond substituents is 1. The van der Waals surface area contributed by atoms with Crippen molar-refractivity contribution in [3.63, 3.8) is 0 Å². The number of amides is 1. The van der Waals surface area contributed by atoms with Crippen LogP contribution in [0.2, 0.25) is 0 Å². The van der Waals surface area contributed by atoms with Crippen molar-refractivity contribution < 1.29 is 9.90 Å². The van der Waals surface area contributed by atoms with E-state index < -0.39 is 0 Å². The van der Waals surface area contributed by atoms with E-state index in [2.05, 4.69) is 0 Å². The lowest BCUT2D eigenvalue weighted by molar-refractivity contribution is 0.0745. The Balaban J connectivity index is 2.18. The maximum atomic E-state index is 12.5. The largest absolute Gasteiger partial charge is 0.507 e. The summed E-state index contributed by atoms with van der Waals surface area (Å²) < 4.78 is 0. The van der Waals surface area contributed by atoms with Gasteiger partial charge in [-0.15, -0.1) is 0 Å². The summed E-state index contributed by atoms with van der Waals surface area (Å²) in [6.07, 6.45) is 2.54. The molecule has 1 saturated carbocycles. The first-order valence-corrected chi connectivity index (χ1v) is 6.78. The van der Waals surface area contributed by atoms with Crippen molar-refractivity contribution in [2.75, 3.05) is 6.54 Å². The van der Waals surface area contributed by atoms with Gasteiger partial charge in [0.05, 0.1) is 10.6 Å². The van der Waals surface area contributed by atoms with Gasteiger partial charge in [-0.05, 0) is 31.9 Å². The number of hydrogen-bond donors (Lipinski definition) is 2. The van der Waals surface area contributed by atoms with Crippen LogP contribution in [0.25, 0.3) is 0 Å². The number of nitrogens with two attached hydrogens (primary N) is 1. The Morgan fingerprint density at radius 1 is 1.53 bits per heavy atom. The second-order valence-corrected chi connectivity index (χ2v) is 5.49. The Labute approximate surface area is 118 Å². The molecule has 1 amide bonds. The molecule has 4 nitrogen and oxygen atoms in total. The lowest BCUT2D eigenvalue weighted by atomic mass is 10.1. The molecule has 0 aliphatic heterocycles. The van der Waals surface area contributed by atoms with Gasteiger partial charge in [-0.2, -0.15) is 0 Å². The molecule has 0 saturated heterocycles. The number of benzene rings is 1. The van der Waals surface area contributed by atoms with E-state index in [1.54, 1.807) is 23.1 Å². The van der Waals surface area contributed by atoms with E-state index in [1.807, 2.05) is 6.92 Å². The van der Waals surface area contributed by atoms with Crippen molar-refractivity contribution in [1.82, 2.24) is 4.90 Å².